The number of aryl methyl sites for hydroxylation is 1. The molecule has 6 nitrogen and oxygen atoms in total. The lowest BCUT2D eigenvalue weighted by molar-refractivity contribution is -0.123. The van der Waals surface area contributed by atoms with Crippen molar-refractivity contribution in [1.82, 2.24) is 14.9 Å². The summed E-state index contributed by atoms with van der Waals surface area (Å²) in [5, 5.41) is 11.4. The Morgan fingerprint density at radius 2 is 2.20 bits per heavy atom. The van der Waals surface area contributed by atoms with Crippen molar-refractivity contribution >= 4 is 5.91 Å². The first-order chi connectivity index (χ1) is 9.69. The van der Waals surface area contributed by atoms with E-state index in [1.165, 1.54) is 0 Å². The Kier molecular flexibility index (Phi) is 4.35. The smallest absolute Gasteiger partial charge is 0.258 e. The molecule has 0 saturated heterocycles. The lowest BCUT2D eigenvalue weighted by Gasteiger charge is -2.07. The Labute approximate surface area is 116 Å². The number of aromatic nitrogens is 2. The number of nitrogens with one attached hydrogen (secondary N) is 1. The third kappa shape index (κ3) is 3.59. The molecular weight excluding hydrogens is 256 g/mol. The third-order valence-electron chi connectivity index (χ3n) is 2.72. The van der Waals surface area contributed by atoms with Gasteiger partial charge in [0.25, 0.3) is 5.91 Å². The highest BCUT2D eigenvalue weighted by Gasteiger charge is 2.05. The minimum atomic E-state index is -0.225. The molecule has 0 unspecified atom stereocenters. The monoisotopic (exact) mass is 270 g/mol. The van der Waals surface area contributed by atoms with E-state index in [9.17, 15) is 4.79 Å². The maximum absolute atomic E-state index is 11.6. The Morgan fingerprint density at radius 3 is 2.80 bits per heavy atom. The average Bonchev–Trinajstić information content (AvgIpc) is 2.89. The SMILES string of the molecule is Cn1ccnc1CNC(=O)COc1ccc(C#N)cc1. The Morgan fingerprint density at radius 1 is 1.45 bits per heavy atom. The summed E-state index contributed by atoms with van der Waals surface area (Å²) in [5.41, 5.74) is 0.552. The van der Waals surface area contributed by atoms with E-state index in [1.54, 1.807) is 30.5 Å². The van der Waals surface area contributed by atoms with Crippen LogP contribution in [0.4, 0.5) is 0 Å². The van der Waals surface area contributed by atoms with Gasteiger partial charge in [-0.05, 0) is 24.3 Å². The number of ether oxygens (including phenoxy) is 1. The summed E-state index contributed by atoms with van der Waals surface area (Å²) in [6.45, 7) is 0.287. The predicted molar refractivity (Wildman–Crippen MR) is 71.7 cm³/mol. The number of imidazole rings is 1. The standard InChI is InChI=1S/C14H14N4O2/c1-18-7-6-16-13(18)9-17-14(19)10-20-12-4-2-11(8-15)3-5-12/h2-7H,9-10H2,1H3,(H,17,19). The van der Waals surface area contributed by atoms with Crippen molar-refractivity contribution in [3.63, 3.8) is 0 Å². The van der Waals surface area contributed by atoms with Crippen molar-refractivity contribution in [3.05, 3.63) is 48.0 Å². The lowest BCUT2D eigenvalue weighted by atomic mass is 10.2. The van der Waals surface area contributed by atoms with Crippen LogP contribution in [0.5, 0.6) is 5.75 Å². The predicted octanol–water partition coefficient (Wildman–Crippen LogP) is 0.987. The maximum atomic E-state index is 11.6. The minimum absolute atomic E-state index is 0.0731. The molecule has 2 rings (SSSR count). The van der Waals surface area contributed by atoms with Gasteiger partial charge in [-0.2, -0.15) is 5.26 Å². The molecule has 6 heteroatoms. The zero-order valence-corrected chi connectivity index (χ0v) is 11.0. The first-order valence-electron chi connectivity index (χ1n) is 6.05. The fraction of sp³-hybridized carbons (Fsp3) is 0.214. The highest BCUT2D eigenvalue weighted by Crippen LogP contribution is 2.11. The van der Waals surface area contributed by atoms with Crippen LogP contribution in [0.1, 0.15) is 11.4 Å². The van der Waals surface area contributed by atoms with Crippen molar-refractivity contribution in [1.29, 1.82) is 5.26 Å². The molecule has 1 heterocycles. The molecule has 1 aromatic carbocycles. The molecule has 102 valence electrons. The van der Waals surface area contributed by atoms with Crippen LogP contribution in [0.15, 0.2) is 36.7 Å². The average molecular weight is 270 g/mol. The highest BCUT2D eigenvalue weighted by atomic mass is 16.5. The number of rotatable bonds is 5. The largest absolute Gasteiger partial charge is 0.484 e. The Hall–Kier alpha value is -2.81. The second-order valence-corrected chi connectivity index (χ2v) is 4.16. The van der Waals surface area contributed by atoms with Crippen LogP contribution >= 0.6 is 0 Å². The van der Waals surface area contributed by atoms with Gasteiger partial charge in [-0.25, -0.2) is 4.98 Å². The molecular formula is C14H14N4O2. The summed E-state index contributed by atoms with van der Waals surface area (Å²) in [6, 6.07) is 8.61. The second-order valence-electron chi connectivity index (χ2n) is 4.16. The van der Waals surface area contributed by atoms with Crippen molar-refractivity contribution in [3.8, 4) is 11.8 Å². The van der Waals surface area contributed by atoms with Crippen LogP contribution in [0.25, 0.3) is 0 Å². The number of hydrogen-bond donors (Lipinski definition) is 1. The first-order valence-corrected chi connectivity index (χ1v) is 6.05. The molecule has 0 aliphatic carbocycles. The summed E-state index contributed by atoms with van der Waals surface area (Å²) in [4.78, 5) is 15.7. The maximum Gasteiger partial charge on any atom is 0.258 e. The molecule has 0 saturated carbocycles. The molecule has 1 aromatic heterocycles. The highest BCUT2D eigenvalue weighted by molar-refractivity contribution is 5.77. The van der Waals surface area contributed by atoms with Crippen molar-refractivity contribution in [2.45, 2.75) is 6.54 Å². The number of amides is 1. The van der Waals surface area contributed by atoms with Crippen LogP contribution in [-0.2, 0) is 18.4 Å². The summed E-state index contributed by atoms with van der Waals surface area (Å²) in [5.74, 6) is 1.10. The Bertz CT molecular complexity index is 625. The van der Waals surface area contributed by atoms with Crippen LogP contribution in [0.2, 0.25) is 0 Å². The van der Waals surface area contributed by atoms with E-state index < -0.39 is 0 Å². The normalized spacial score (nSPS) is 9.80. The first kappa shape index (κ1) is 13.6. The fourth-order valence-corrected chi connectivity index (χ4v) is 1.57. The minimum Gasteiger partial charge on any atom is -0.484 e. The lowest BCUT2D eigenvalue weighted by Crippen LogP contribution is -2.29. The van der Waals surface area contributed by atoms with E-state index in [0.29, 0.717) is 17.9 Å². The summed E-state index contributed by atoms with van der Waals surface area (Å²) >= 11 is 0. The molecule has 2 aromatic rings. The molecule has 0 radical (unpaired) electrons. The van der Waals surface area contributed by atoms with E-state index in [4.69, 9.17) is 10.00 Å². The Balaban J connectivity index is 1.77. The number of hydrogen-bond acceptors (Lipinski definition) is 4. The summed E-state index contributed by atoms with van der Waals surface area (Å²) < 4.78 is 7.15. The van der Waals surface area contributed by atoms with Gasteiger partial charge >= 0.3 is 0 Å². The number of nitrogens with zero attached hydrogens (tertiary/aromatic N) is 3. The molecule has 0 aliphatic heterocycles. The molecule has 0 bridgehead atoms. The number of carbonyl (C=O) groups is 1. The van der Waals surface area contributed by atoms with E-state index in [0.717, 1.165) is 5.82 Å². The van der Waals surface area contributed by atoms with Gasteiger partial charge in [0.1, 0.15) is 11.6 Å². The molecule has 0 fully saturated rings. The second kappa shape index (κ2) is 6.38. The molecule has 0 atom stereocenters. The van der Waals surface area contributed by atoms with Crippen LogP contribution in [-0.4, -0.2) is 22.1 Å². The fourth-order valence-electron chi connectivity index (χ4n) is 1.57. The molecule has 20 heavy (non-hydrogen) atoms. The molecule has 0 aliphatic rings. The zero-order valence-electron chi connectivity index (χ0n) is 11.0. The van der Waals surface area contributed by atoms with Crippen LogP contribution < -0.4 is 10.1 Å². The van der Waals surface area contributed by atoms with Gasteiger partial charge in [-0.15, -0.1) is 0 Å². The quantitative estimate of drug-likeness (QED) is 0.878. The van der Waals surface area contributed by atoms with Gasteiger partial charge in [0.2, 0.25) is 0 Å². The number of carbonyl (C=O) groups excluding carboxylic acids is 1. The van der Waals surface area contributed by atoms with Crippen molar-refractivity contribution in [2.24, 2.45) is 7.05 Å². The van der Waals surface area contributed by atoms with Gasteiger partial charge in [0.15, 0.2) is 6.61 Å². The van der Waals surface area contributed by atoms with Crippen molar-refractivity contribution in [2.75, 3.05) is 6.61 Å². The molecule has 1 amide bonds. The van der Waals surface area contributed by atoms with E-state index in [-0.39, 0.29) is 12.5 Å². The zero-order chi connectivity index (χ0) is 14.4. The van der Waals surface area contributed by atoms with Crippen LogP contribution in [0, 0.1) is 11.3 Å². The molecule has 0 spiro atoms. The third-order valence-corrected chi connectivity index (χ3v) is 2.72. The van der Waals surface area contributed by atoms with E-state index in [1.807, 2.05) is 23.9 Å². The van der Waals surface area contributed by atoms with Crippen molar-refractivity contribution < 1.29 is 9.53 Å². The molecule has 1 N–H and O–H groups in total. The van der Waals surface area contributed by atoms with Crippen LogP contribution in [0.3, 0.4) is 0 Å². The van der Waals surface area contributed by atoms with E-state index in [2.05, 4.69) is 10.3 Å². The number of nitriles is 1. The van der Waals surface area contributed by atoms with Gasteiger partial charge in [-0.3, -0.25) is 4.79 Å². The van der Waals surface area contributed by atoms with E-state index >= 15 is 0 Å². The summed E-state index contributed by atoms with van der Waals surface area (Å²) in [6.07, 6.45) is 3.49. The number of benzene rings is 1. The van der Waals surface area contributed by atoms with Gasteiger partial charge in [0, 0.05) is 19.4 Å². The van der Waals surface area contributed by atoms with Gasteiger partial charge < -0.3 is 14.6 Å². The van der Waals surface area contributed by atoms with Gasteiger partial charge in [-0.1, -0.05) is 0 Å². The topological polar surface area (TPSA) is 79.9 Å². The van der Waals surface area contributed by atoms with Gasteiger partial charge in [0.05, 0.1) is 18.2 Å². The summed E-state index contributed by atoms with van der Waals surface area (Å²) in [7, 11) is 1.86.